The molecule has 1 saturated carbocycles. The van der Waals surface area contributed by atoms with Gasteiger partial charge in [0.1, 0.15) is 5.82 Å². The summed E-state index contributed by atoms with van der Waals surface area (Å²) in [7, 11) is 0. The molecule has 0 heterocycles. The number of hydrazine groups is 1. The van der Waals surface area contributed by atoms with Gasteiger partial charge >= 0.3 is 0 Å². The average molecular weight is 267 g/mol. The molecule has 96 valence electrons. The summed E-state index contributed by atoms with van der Waals surface area (Å²) in [5.41, 5.74) is 5.83. The van der Waals surface area contributed by atoms with Crippen LogP contribution in [0.3, 0.4) is 0 Å². The van der Waals surface area contributed by atoms with Gasteiger partial charge in [0.2, 0.25) is 5.91 Å². The van der Waals surface area contributed by atoms with E-state index < -0.39 is 0 Å². The third-order valence-corrected chi connectivity index (χ3v) is 3.08. The molecular formula is C12H14FN3OS. The fourth-order valence-corrected chi connectivity index (χ4v) is 1.76. The molecule has 1 fully saturated rings. The lowest BCUT2D eigenvalue weighted by molar-refractivity contribution is -0.127. The molecule has 0 spiro atoms. The van der Waals surface area contributed by atoms with Crippen molar-refractivity contribution < 1.29 is 9.18 Å². The number of thiocarbonyl (C=S) groups is 1. The van der Waals surface area contributed by atoms with Crippen LogP contribution in [0.15, 0.2) is 24.3 Å². The van der Waals surface area contributed by atoms with Crippen molar-refractivity contribution in [3.63, 3.8) is 0 Å². The van der Waals surface area contributed by atoms with E-state index in [0.717, 1.165) is 19.3 Å². The minimum Gasteiger partial charge on any atom is -0.331 e. The molecule has 0 saturated heterocycles. The maximum absolute atomic E-state index is 12.7. The molecule has 1 amide bonds. The monoisotopic (exact) mass is 267 g/mol. The van der Waals surface area contributed by atoms with Gasteiger partial charge in [0.15, 0.2) is 5.11 Å². The number of hydrogen-bond acceptors (Lipinski definition) is 2. The van der Waals surface area contributed by atoms with E-state index in [0.29, 0.717) is 5.69 Å². The van der Waals surface area contributed by atoms with Gasteiger partial charge in [0.25, 0.3) is 0 Å². The van der Waals surface area contributed by atoms with Crippen LogP contribution in [-0.2, 0) is 4.79 Å². The Morgan fingerprint density at radius 2 is 1.89 bits per heavy atom. The molecule has 0 bridgehead atoms. The Labute approximate surface area is 110 Å². The predicted molar refractivity (Wildman–Crippen MR) is 71.2 cm³/mol. The summed E-state index contributed by atoms with van der Waals surface area (Å²) in [5.74, 6) is -0.242. The number of carbonyl (C=O) groups excluding carboxylic acids is 1. The molecule has 1 aromatic carbocycles. The highest BCUT2D eigenvalue weighted by molar-refractivity contribution is 7.80. The van der Waals surface area contributed by atoms with Gasteiger partial charge < -0.3 is 5.32 Å². The average Bonchev–Trinajstić information content (AvgIpc) is 2.27. The Balaban J connectivity index is 1.74. The largest absolute Gasteiger partial charge is 0.331 e. The number of nitrogens with one attached hydrogen (secondary N) is 3. The first kappa shape index (κ1) is 12.8. The zero-order chi connectivity index (χ0) is 13.0. The Morgan fingerprint density at radius 1 is 1.22 bits per heavy atom. The SMILES string of the molecule is O=C(NNC(=S)Nc1ccc(F)cc1)C1CCC1. The number of hydrogen-bond donors (Lipinski definition) is 3. The van der Waals surface area contributed by atoms with Gasteiger partial charge in [-0.1, -0.05) is 6.42 Å². The number of rotatable bonds is 2. The van der Waals surface area contributed by atoms with Crippen LogP contribution in [0.4, 0.5) is 10.1 Å². The van der Waals surface area contributed by atoms with E-state index in [2.05, 4.69) is 16.2 Å². The van der Waals surface area contributed by atoms with Crippen molar-refractivity contribution in [1.29, 1.82) is 0 Å². The van der Waals surface area contributed by atoms with E-state index in [1.54, 1.807) is 12.1 Å². The van der Waals surface area contributed by atoms with E-state index in [4.69, 9.17) is 12.2 Å². The zero-order valence-electron chi connectivity index (χ0n) is 9.70. The summed E-state index contributed by atoms with van der Waals surface area (Å²) < 4.78 is 12.7. The highest BCUT2D eigenvalue weighted by Crippen LogP contribution is 2.25. The maximum Gasteiger partial charge on any atom is 0.241 e. The first-order valence-corrected chi connectivity index (χ1v) is 6.18. The predicted octanol–water partition coefficient (Wildman–Crippen LogP) is 1.94. The first-order chi connectivity index (χ1) is 8.65. The lowest BCUT2D eigenvalue weighted by Crippen LogP contribution is -2.47. The second kappa shape index (κ2) is 5.77. The molecule has 0 atom stereocenters. The van der Waals surface area contributed by atoms with E-state index in [-0.39, 0.29) is 22.8 Å². The lowest BCUT2D eigenvalue weighted by Gasteiger charge is -2.24. The molecule has 0 radical (unpaired) electrons. The summed E-state index contributed by atoms with van der Waals surface area (Å²) >= 11 is 5.00. The maximum atomic E-state index is 12.7. The van der Waals surface area contributed by atoms with Crippen molar-refractivity contribution in [2.45, 2.75) is 19.3 Å². The van der Waals surface area contributed by atoms with Crippen molar-refractivity contribution in [3.8, 4) is 0 Å². The highest BCUT2D eigenvalue weighted by atomic mass is 32.1. The zero-order valence-corrected chi connectivity index (χ0v) is 10.5. The van der Waals surface area contributed by atoms with Gasteiger partial charge in [-0.15, -0.1) is 0 Å². The number of anilines is 1. The molecular weight excluding hydrogens is 253 g/mol. The topological polar surface area (TPSA) is 53.2 Å². The van der Waals surface area contributed by atoms with Gasteiger partial charge in [-0.25, -0.2) is 4.39 Å². The molecule has 1 aromatic rings. The number of benzene rings is 1. The standard InChI is InChI=1S/C12H14FN3OS/c13-9-4-6-10(7-5-9)14-12(18)16-15-11(17)8-2-1-3-8/h4-8H,1-3H2,(H,15,17)(H2,14,16,18). The summed E-state index contributed by atoms with van der Waals surface area (Å²) in [6, 6.07) is 5.80. The smallest absolute Gasteiger partial charge is 0.241 e. The minimum absolute atomic E-state index is 0.0375. The van der Waals surface area contributed by atoms with Gasteiger partial charge in [-0.2, -0.15) is 0 Å². The van der Waals surface area contributed by atoms with Gasteiger partial charge in [-0.05, 0) is 49.3 Å². The Kier molecular flexibility index (Phi) is 4.09. The summed E-state index contributed by atoms with van der Waals surface area (Å²) in [6.45, 7) is 0. The summed E-state index contributed by atoms with van der Waals surface area (Å²) in [5, 5.41) is 3.11. The lowest BCUT2D eigenvalue weighted by atomic mass is 9.85. The molecule has 18 heavy (non-hydrogen) atoms. The van der Waals surface area contributed by atoms with Crippen molar-refractivity contribution in [2.75, 3.05) is 5.32 Å². The number of halogens is 1. The van der Waals surface area contributed by atoms with Crippen LogP contribution >= 0.6 is 12.2 Å². The number of amides is 1. The van der Waals surface area contributed by atoms with E-state index >= 15 is 0 Å². The number of carbonyl (C=O) groups is 1. The highest BCUT2D eigenvalue weighted by Gasteiger charge is 2.24. The first-order valence-electron chi connectivity index (χ1n) is 5.77. The molecule has 0 aliphatic heterocycles. The minimum atomic E-state index is -0.308. The van der Waals surface area contributed by atoms with E-state index in [9.17, 15) is 9.18 Å². The van der Waals surface area contributed by atoms with Crippen LogP contribution in [0.2, 0.25) is 0 Å². The van der Waals surface area contributed by atoms with Crippen LogP contribution in [0.25, 0.3) is 0 Å². The Bertz CT molecular complexity index is 445. The third kappa shape index (κ3) is 3.40. The molecule has 1 aliphatic rings. The second-order valence-electron chi connectivity index (χ2n) is 4.20. The van der Waals surface area contributed by atoms with Crippen molar-refractivity contribution >= 4 is 28.9 Å². The third-order valence-electron chi connectivity index (χ3n) is 2.88. The van der Waals surface area contributed by atoms with Gasteiger partial charge in [0.05, 0.1) is 0 Å². The quantitative estimate of drug-likeness (QED) is 0.566. The van der Waals surface area contributed by atoms with Crippen LogP contribution in [0.1, 0.15) is 19.3 Å². The normalized spacial score (nSPS) is 14.5. The van der Waals surface area contributed by atoms with Crippen molar-refractivity contribution in [3.05, 3.63) is 30.1 Å². The Hall–Kier alpha value is -1.69. The molecule has 1 aliphatic carbocycles. The Morgan fingerprint density at radius 3 is 2.44 bits per heavy atom. The van der Waals surface area contributed by atoms with Gasteiger partial charge in [-0.3, -0.25) is 15.6 Å². The molecule has 0 aromatic heterocycles. The molecule has 6 heteroatoms. The molecule has 2 rings (SSSR count). The van der Waals surface area contributed by atoms with Crippen LogP contribution in [0, 0.1) is 11.7 Å². The van der Waals surface area contributed by atoms with Crippen LogP contribution in [0.5, 0.6) is 0 Å². The summed E-state index contributed by atoms with van der Waals surface area (Å²) in [4.78, 5) is 11.5. The summed E-state index contributed by atoms with van der Waals surface area (Å²) in [6.07, 6.45) is 2.98. The van der Waals surface area contributed by atoms with E-state index in [1.165, 1.54) is 12.1 Å². The fraction of sp³-hybridized carbons (Fsp3) is 0.333. The van der Waals surface area contributed by atoms with Crippen LogP contribution in [-0.4, -0.2) is 11.0 Å². The van der Waals surface area contributed by atoms with E-state index in [1.807, 2.05) is 0 Å². The van der Waals surface area contributed by atoms with Gasteiger partial charge in [0, 0.05) is 11.6 Å². The second-order valence-corrected chi connectivity index (χ2v) is 4.61. The van der Waals surface area contributed by atoms with Crippen LogP contribution < -0.4 is 16.2 Å². The van der Waals surface area contributed by atoms with Crippen molar-refractivity contribution in [2.24, 2.45) is 5.92 Å². The fourth-order valence-electron chi connectivity index (χ4n) is 1.59. The molecule has 3 N–H and O–H groups in total. The molecule has 4 nitrogen and oxygen atoms in total. The molecule has 0 unspecified atom stereocenters. The van der Waals surface area contributed by atoms with Crippen molar-refractivity contribution in [1.82, 2.24) is 10.9 Å².